The van der Waals surface area contributed by atoms with Gasteiger partial charge in [0, 0.05) is 12.1 Å². The lowest BCUT2D eigenvalue weighted by Crippen LogP contribution is -2.43. The van der Waals surface area contributed by atoms with Gasteiger partial charge in [-0.05, 0) is 12.5 Å². The summed E-state index contributed by atoms with van der Waals surface area (Å²) in [5.41, 5.74) is 2.78. The third-order valence-corrected chi connectivity index (χ3v) is 4.26. The lowest BCUT2D eigenvalue weighted by atomic mass is 10.2. The summed E-state index contributed by atoms with van der Waals surface area (Å²) in [5.74, 6) is 0. The van der Waals surface area contributed by atoms with Gasteiger partial charge in [-0.1, -0.05) is 60.7 Å². The zero-order valence-corrected chi connectivity index (χ0v) is 12.7. The van der Waals surface area contributed by atoms with Gasteiger partial charge < -0.3 is 4.90 Å². The first-order chi connectivity index (χ1) is 10.3. The lowest BCUT2D eigenvalue weighted by molar-refractivity contribution is -0.893. The Morgan fingerprint density at radius 1 is 0.905 bits per heavy atom. The van der Waals surface area contributed by atoms with Crippen LogP contribution in [-0.2, 0) is 13.1 Å². The van der Waals surface area contributed by atoms with Crippen molar-refractivity contribution in [3.8, 4) is 0 Å². The van der Waals surface area contributed by atoms with Gasteiger partial charge in [0.2, 0.25) is 0 Å². The SMILES string of the molecule is CC[N+]1(Cc2ccccc2)C=CN(Cc2ccccc2)C1. The van der Waals surface area contributed by atoms with Crippen LogP contribution in [-0.4, -0.2) is 22.6 Å². The van der Waals surface area contributed by atoms with E-state index in [0.29, 0.717) is 0 Å². The molecule has 1 aliphatic heterocycles. The zero-order valence-electron chi connectivity index (χ0n) is 12.7. The van der Waals surface area contributed by atoms with Gasteiger partial charge in [0.25, 0.3) is 0 Å². The molecule has 3 rings (SSSR count). The van der Waals surface area contributed by atoms with E-state index < -0.39 is 0 Å². The molecule has 0 radical (unpaired) electrons. The molecular formula is C19H23N2+. The van der Waals surface area contributed by atoms with E-state index in [9.17, 15) is 0 Å². The van der Waals surface area contributed by atoms with Crippen LogP contribution in [0.1, 0.15) is 18.1 Å². The minimum absolute atomic E-state index is 0.992. The van der Waals surface area contributed by atoms with E-state index in [-0.39, 0.29) is 0 Å². The van der Waals surface area contributed by atoms with Crippen molar-refractivity contribution >= 4 is 0 Å². The van der Waals surface area contributed by atoms with Crippen molar-refractivity contribution in [2.24, 2.45) is 0 Å². The molecule has 21 heavy (non-hydrogen) atoms. The molecule has 0 bridgehead atoms. The molecule has 0 fully saturated rings. The second kappa shape index (κ2) is 6.15. The predicted molar refractivity (Wildman–Crippen MR) is 86.9 cm³/mol. The van der Waals surface area contributed by atoms with Gasteiger partial charge in [0.05, 0.1) is 12.7 Å². The standard InChI is InChI=1S/C19H23N2/c1-2-21(16-19-11-7-4-8-12-19)14-13-20(17-21)15-18-9-5-3-6-10-18/h3-14H,2,15-17H2,1H3/q+1. The first-order valence-corrected chi connectivity index (χ1v) is 7.67. The Hall–Kier alpha value is -2.06. The second-order valence-electron chi connectivity index (χ2n) is 5.85. The molecule has 0 aliphatic carbocycles. The highest BCUT2D eigenvalue weighted by Crippen LogP contribution is 2.23. The van der Waals surface area contributed by atoms with Crippen LogP contribution < -0.4 is 0 Å². The summed E-state index contributed by atoms with van der Waals surface area (Å²) < 4.78 is 1.01. The molecule has 0 saturated heterocycles. The maximum atomic E-state index is 2.42. The number of rotatable bonds is 5. The Balaban J connectivity index is 1.68. The highest BCUT2D eigenvalue weighted by Gasteiger charge is 2.30. The Bertz CT molecular complexity index is 591. The van der Waals surface area contributed by atoms with Gasteiger partial charge in [-0.2, -0.15) is 0 Å². The van der Waals surface area contributed by atoms with Crippen LogP contribution in [0.15, 0.2) is 73.1 Å². The van der Waals surface area contributed by atoms with Crippen molar-refractivity contribution in [1.29, 1.82) is 0 Å². The van der Waals surface area contributed by atoms with E-state index in [1.165, 1.54) is 11.1 Å². The van der Waals surface area contributed by atoms with Gasteiger partial charge >= 0.3 is 0 Å². The fourth-order valence-corrected chi connectivity index (χ4v) is 2.98. The van der Waals surface area contributed by atoms with Gasteiger partial charge in [-0.15, -0.1) is 0 Å². The number of nitrogens with zero attached hydrogens (tertiary/aromatic N) is 2. The fourth-order valence-electron chi connectivity index (χ4n) is 2.98. The molecule has 2 heteroatoms. The maximum Gasteiger partial charge on any atom is 0.159 e. The Labute approximate surface area is 127 Å². The van der Waals surface area contributed by atoms with Crippen molar-refractivity contribution < 1.29 is 4.48 Å². The minimum Gasteiger partial charge on any atom is -0.322 e. The summed E-state index contributed by atoms with van der Waals surface area (Å²) in [6.45, 7) is 6.52. The lowest BCUT2D eigenvalue weighted by Gasteiger charge is -2.32. The average molecular weight is 279 g/mol. The zero-order chi connectivity index (χ0) is 14.5. The molecule has 108 valence electrons. The Morgan fingerprint density at radius 2 is 1.52 bits per heavy atom. The molecule has 1 heterocycles. The van der Waals surface area contributed by atoms with Crippen LogP contribution in [0.3, 0.4) is 0 Å². The van der Waals surface area contributed by atoms with Crippen LogP contribution in [0.4, 0.5) is 0 Å². The van der Waals surface area contributed by atoms with E-state index >= 15 is 0 Å². The van der Waals surface area contributed by atoms with E-state index in [2.05, 4.69) is 84.9 Å². The van der Waals surface area contributed by atoms with Crippen molar-refractivity contribution in [2.45, 2.75) is 20.0 Å². The van der Waals surface area contributed by atoms with Crippen molar-refractivity contribution in [3.05, 3.63) is 84.2 Å². The average Bonchev–Trinajstić information content (AvgIpc) is 2.93. The summed E-state index contributed by atoms with van der Waals surface area (Å²) in [4.78, 5) is 2.42. The smallest absolute Gasteiger partial charge is 0.159 e. The van der Waals surface area contributed by atoms with Crippen LogP contribution in [0.25, 0.3) is 0 Å². The van der Waals surface area contributed by atoms with Crippen LogP contribution >= 0.6 is 0 Å². The molecule has 0 spiro atoms. The topological polar surface area (TPSA) is 3.24 Å². The molecule has 1 atom stereocenters. The molecule has 0 saturated carbocycles. The molecule has 1 unspecified atom stereocenters. The predicted octanol–water partition coefficient (Wildman–Crippen LogP) is 3.97. The summed E-state index contributed by atoms with van der Waals surface area (Å²) in [6, 6.07) is 21.5. The van der Waals surface area contributed by atoms with Gasteiger partial charge in [0.15, 0.2) is 6.67 Å². The Morgan fingerprint density at radius 3 is 2.14 bits per heavy atom. The monoisotopic (exact) mass is 279 g/mol. The van der Waals surface area contributed by atoms with Crippen molar-refractivity contribution in [3.63, 3.8) is 0 Å². The van der Waals surface area contributed by atoms with Crippen LogP contribution in [0, 0.1) is 0 Å². The van der Waals surface area contributed by atoms with E-state index in [0.717, 1.165) is 30.8 Å². The summed E-state index contributed by atoms with van der Waals surface area (Å²) >= 11 is 0. The molecule has 2 nitrogen and oxygen atoms in total. The molecule has 0 N–H and O–H groups in total. The van der Waals surface area contributed by atoms with Crippen molar-refractivity contribution in [1.82, 2.24) is 4.90 Å². The normalized spacial score (nSPS) is 20.9. The number of quaternary nitrogens is 1. The molecule has 2 aromatic rings. The first-order valence-electron chi connectivity index (χ1n) is 7.67. The van der Waals surface area contributed by atoms with Gasteiger partial charge in [-0.25, -0.2) is 0 Å². The molecule has 2 aromatic carbocycles. The highest BCUT2D eigenvalue weighted by molar-refractivity contribution is 5.16. The van der Waals surface area contributed by atoms with E-state index in [1.54, 1.807) is 0 Å². The largest absolute Gasteiger partial charge is 0.322 e. The quantitative estimate of drug-likeness (QED) is 0.749. The van der Waals surface area contributed by atoms with E-state index in [4.69, 9.17) is 0 Å². The number of hydrogen-bond donors (Lipinski definition) is 0. The van der Waals surface area contributed by atoms with Crippen LogP contribution in [0.2, 0.25) is 0 Å². The Kier molecular flexibility index (Phi) is 4.07. The van der Waals surface area contributed by atoms with E-state index in [1.807, 2.05) is 0 Å². The van der Waals surface area contributed by atoms with Crippen molar-refractivity contribution in [2.75, 3.05) is 13.2 Å². The maximum absolute atomic E-state index is 2.42. The summed E-state index contributed by atoms with van der Waals surface area (Å²) in [6.07, 6.45) is 4.62. The molecular weight excluding hydrogens is 256 g/mol. The second-order valence-corrected chi connectivity index (χ2v) is 5.85. The third kappa shape index (κ3) is 3.34. The molecule has 0 aromatic heterocycles. The minimum atomic E-state index is 0.992. The van der Waals surface area contributed by atoms with Gasteiger partial charge in [0.1, 0.15) is 12.7 Å². The fraction of sp³-hybridized carbons (Fsp3) is 0.263. The van der Waals surface area contributed by atoms with Crippen LogP contribution in [0.5, 0.6) is 0 Å². The molecule has 1 aliphatic rings. The summed E-state index contributed by atoms with van der Waals surface area (Å²) in [7, 11) is 0. The third-order valence-electron chi connectivity index (χ3n) is 4.26. The highest BCUT2D eigenvalue weighted by atomic mass is 15.5. The number of hydrogen-bond acceptors (Lipinski definition) is 1. The summed E-state index contributed by atoms with van der Waals surface area (Å²) in [5, 5.41) is 0. The first kappa shape index (κ1) is 13.9. The van der Waals surface area contributed by atoms with Gasteiger partial charge in [-0.3, -0.25) is 4.48 Å². The molecule has 0 amide bonds. The number of benzene rings is 2.